The maximum Gasteiger partial charge on any atom is 0.242 e. The monoisotopic (exact) mass is 865 g/mol. The summed E-state index contributed by atoms with van der Waals surface area (Å²) in [5.74, 6) is -5.92. The quantitative estimate of drug-likeness (QED) is 0.0346. The van der Waals surface area contributed by atoms with E-state index in [1.807, 2.05) is 85.8 Å². The molecular weight excluding hydrogens is 803 g/mol. The standard InChI is InChI=1S/C45H55N7O7.C3H8O/c1-28(53)40(54)24-31(21-33-26-48-37-17-8-6-15-35(33)37)45(59)51-52(2)42(56)25-32(22-34-27-49-38-18-9-7-16-36(34)38)44(58)50-39(20-29-12-4-3-5-13-29)41(55)23-30(43(47)57)14-10-11-19-46;1-2-3-4/h3-9,12-13,15-18,26-28,30-32,39,48-49,53H,10-11,14,19-25,46H2,1-2H3,(H2,47,57)(H,50,58)(H,51,59);4H,2-3H2,1H3/t28-,30+,31-,32+,39+;/m0./s1. The van der Waals surface area contributed by atoms with Gasteiger partial charge in [-0.05, 0) is 80.8 Å². The molecule has 0 fully saturated rings. The van der Waals surface area contributed by atoms with Gasteiger partial charge in [-0.15, -0.1) is 0 Å². The van der Waals surface area contributed by atoms with Gasteiger partial charge in [0.1, 0.15) is 6.10 Å². The van der Waals surface area contributed by atoms with Crippen molar-refractivity contribution in [2.45, 2.75) is 90.2 Å². The summed E-state index contributed by atoms with van der Waals surface area (Å²) in [6, 6.07) is 23.2. The van der Waals surface area contributed by atoms with Crippen molar-refractivity contribution < 1.29 is 39.0 Å². The van der Waals surface area contributed by atoms with E-state index in [2.05, 4.69) is 20.7 Å². The second-order valence-electron chi connectivity index (χ2n) is 16.0. The zero-order valence-corrected chi connectivity index (χ0v) is 36.5. The fourth-order valence-electron chi connectivity index (χ4n) is 7.38. The number of unbranched alkanes of at least 4 members (excludes halogenated alkanes) is 1. The lowest BCUT2D eigenvalue weighted by Crippen LogP contribution is -2.49. The number of ketones is 2. The smallest absolute Gasteiger partial charge is 0.242 e. The van der Waals surface area contributed by atoms with Crippen LogP contribution in [0.1, 0.15) is 75.5 Å². The molecule has 3 aromatic carbocycles. The molecule has 10 N–H and O–H groups in total. The minimum atomic E-state index is -1.29. The number of nitrogens with two attached hydrogens (primary N) is 2. The van der Waals surface area contributed by atoms with E-state index in [0.29, 0.717) is 32.4 Å². The number of aliphatic hydroxyl groups is 2. The Morgan fingerprint density at radius 3 is 1.76 bits per heavy atom. The summed E-state index contributed by atoms with van der Waals surface area (Å²) in [5, 5.41) is 23.5. The van der Waals surface area contributed by atoms with Gasteiger partial charge in [0.2, 0.25) is 23.6 Å². The molecule has 338 valence electrons. The van der Waals surface area contributed by atoms with Crippen LogP contribution in [0.2, 0.25) is 0 Å². The van der Waals surface area contributed by atoms with Crippen LogP contribution in [0.3, 0.4) is 0 Å². The summed E-state index contributed by atoms with van der Waals surface area (Å²) in [7, 11) is 1.37. The van der Waals surface area contributed by atoms with Gasteiger partial charge in [-0.25, -0.2) is 0 Å². The Morgan fingerprint density at radius 2 is 1.24 bits per heavy atom. The zero-order chi connectivity index (χ0) is 45.9. The number of para-hydroxylation sites is 2. The number of benzene rings is 3. The lowest BCUT2D eigenvalue weighted by atomic mass is 9.89. The van der Waals surface area contributed by atoms with Crippen LogP contribution in [-0.4, -0.2) is 92.7 Å². The van der Waals surface area contributed by atoms with E-state index >= 15 is 0 Å². The van der Waals surface area contributed by atoms with E-state index in [1.54, 1.807) is 12.4 Å². The number of amides is 4. The van der Waals surface area contributed by atoms with Crippen LogP contribution in [0.15, 0.2) is 91.3 Å². The summed E-state index contributed by atoms with van der Waals surface area (Å²) in [6.07, 6.45) is 4.44. The molecule has 0 unspecified atom stereocenters. The van der Waals surface area contributed by atoms with E-state index in [4.69, 9.17) is 16.6 Å². The van der Waals surface area contributed by atoms with Gasteiger partial charge in [-0.2, -0.15) is 0 Å². The number of nitrogens with zero attached hydrogens (tertiary/aromatic N) is 1. The molecule has 0 bridgehead atoms. The molecule has 2 aromatic heterocycles. The molecular formula is C48H63N7O8. The van der Waals surface area contributed by atoms with Gasteiger partial charge in [0, 0.05) is 73.0 Å². The minimum Gasteiger partial charge on any atom is -0.396 e. The molecule has 5 atom stereocenters. The van der Waals surface area contributed by atoms with Crippen LogP contribution in [0.25, 0.3) is 21.8 Å². The van der Waals surface area contributed by atoms with Crippen molar-refractivity contribution >= 4 is 57.0 Å². The Kier molecular flexibility index (Phi) is 19.7. The SMILES string of the molecule is CCCO.C[C@H](O)C(=O)C[C@H](Cc1c[nH]c2ccccc12)C(=O)NN(C)C(=O)C[C@@H](Cc1c[nH]c2ccccc12)C(=O)N[C@H](Cc1ccccc1)C(=O)C[C@@H](CCCCN)C(N)=O. The van der Waals surface area contributed by atoms with Crippen molar-refractivity contribution in [2.75, 3.05) is 20.2 Å². The number of H-pyrrole nitrogens is 2. The highest BCUT2D eigenvalue weighted by atomic mass is 16.3. The fraction of sp³-hybridized carbons (Fsp3) is 0.417. The molecule has 0 radical (unpaired) electrons. The van der Waals surface area contributed by atoms with Crippen molar-refractivity contribution in [3.05, 3.63) is 108 Å². The van der Waals surface area contributed by atoms with E-state index < -0.39 is 59.3 Å². The lowest BCUT2D eigenvalue weighted by molar-refractivity contribution is -0.144. The number of hydrogen-bond acceptors (Lipinski definition) is 9. The molecule has 0 aliphatic carbocycles. The van der Waals surface area contributed by atoms with Crippen molar-refractivity contribution in [2.24, 2.45) is 29.2 Å². The average Bonchev–Trinajstić information content (AvgIpc) is 3.89. The van der Waals surface area contributed by atoms with E-state index in [9.17, 15) is 33.9 Å². The molecule has 0 saturated heterocycles. The van der Waals surface area contributed by atoms with Crippen molar-refractivity contribution in [1.29, 1.82) is 0 Å². The van der Waals surface area contributed by atoms with Crippen molar-refractivity contribution in [3.63, 3.8) is 0 Å². The molecule has 4 amide bonds. The second kappa shape index (κ2) is 25.1. The first-order valence-electron chi connectivity index (χ1n) is 21.6. The van der Waals surface area contributed by atoms with Gasteiger partial charge < -0.3 is 37.0 Å². The number of hydrogen-bond donors (Lipinski definition) is 8. The van der Waals surface area contributed by atoms with Gasteiger partial charge >= 0.3 is 0 Å². The molecule has 0 spiro atoms. The number of hydrazine groups is 1. The number of carbonyl (C=O) groups excluding carboxylic acids is 6. The predicted molar refractivity (Wildman–Crippen MR) is 242 cm³/mol. The molecule has 5 aromatic rings. The van der Waals surface area contributed by atoms with Crippen LogP contribution in [-0.2, 0) is 48.0 Å². The summed E-state index contributed by atoms with van der Waals surface area (Å²) >= 11 is 0. The topological polar surface area (TPSA) is 254 Å². The molecule has 63 heavy (non-hydrogen) atoms. The van der Waals surface area contributed by atoms with Crippen LogP contribution in [0.4, 0.5) is 0 Å². The van der Waals surface area contributed by atoms with Crippen molar-refractivity contribution in [1.82, 2.24) is 25.7 Å². The molecule has 0 aliphatic rings. The third-order valence-electron chi connectivity index (χ3n) is 11.1. The number of nitrogens with one attached hydrogen (secondary N) is 4. The first-order valence-corrected chi connectivity index (χ1v) is 21.6. The van der Waals surface area contributed by atoms with Crippen LogP contribution >= 0.6 is 0 Å². The lowest BCUT2D eigenvalue weighted by Gasteiger charge is -2.26. The third-order valence-corrected chi connectivity index (χ3v) is 11.1. The fourth-order valence-corrected chi connectivity index (χ4v) is 7.38. The van der Waals surface area contributed by atoms with Crippen LogP contribution in [0, 0.1) is 17.8 Å². The zero-order valence-electron chi connectivity index (χ0n) is 36.5. The van der Waals surface area contributed by atoms with Gasteiger partial charge in [-0.3, -0.25) is 39.2 Å². The highest BCUT2D eigenvalue weighted by Crippen LogP contribution is 2.25. The van der Waals surface area contributed by atoms with Gasteiger partial charge in [0.05, 0.1) is 17.9 Å². The Labute approximate surface area is 368 Å². The number of aromatic amines is 2. The summed E-state index contributed by atoms with van der Waals surface area (Å²) in [5.41, 5.74) is 18.0. The normalized spacial score (nSPS) is 13.5. The molecule has 2 heterocycles. The highest BCUT2D eigenvalue weighted by Gasteiger charge is 2.32. The maximum atomic E-state index is 14.4. The van der Waals surface area contributed by atoms with Gasteiger partial charge in [-0.1, -0.05) is 80.1 Å². The third kappa shape index (κ3) is 15.0. The predicted octanol–water partition coefficient (Wildman–Crippen LogP) is 4.19. The Balaban J connectivity index is 0.00000209. The number of aliphatic hydroxyl groups excluding tert-OH is 2. The van der Waals surface area contributed by atoms with E-state index in [1.165, 1.54) is 14.0 Å². The summed E-state index contributed by atoms with van der Waals surface area (Å²) < 4.78 is 0. The number of aromatic nitrogens is 2. The first kappa shape index (κ1) is 49.5. The Morgan fingerprint density at radius 1 is 0.714 bits per heavy atom. The van der Waals surface area contributed by atoms with Crippen LogP contribution < -0.4 is 22.2 Å². The minimum absolute atomic E-state index is 0.116. The number of primary amides is 1. The second-order valence-corrected chi connectivity index (χ2v) is 16.0. The number of rotatable bonds is 23. The molecule has 15 heteroatoms. The first-order chi connectivity index (χ1) is 30.3. The molecule has 5 rings (SSSR count). The van der Waals surface area contributed by atoms with E-state index in [0.717, 1.165) is 49.9 Å². The molecule has 15 nitrogen and oxygen atoms in total. The highest BCUT2D eigenvalue weighted by molar-refractivity contribution is 5.95. The maximum absolute atomic E-state index is 14.4. The Hall–Kier alpha value is -6.16. The number of carbonyl (C=O) groups is 6. The summed E-state index contributed by atoms with van der Waals surface area (Å²) in [4.78, 5) is 87.6. The van der Waals surface area contributed by atoms with Gasteiger partial charge in [0.25, 0.3) is 0 Å². The van der Waals surface area contributed by atoms with Crippen molar-refractivity contribution in [3.8, 4) is 0 Å². The summed E-state index contributed by atoms with van der Waals surface area (Å²) in [6.45, 7) is 4.03. The van der Waals surface area contributed by atoms with E-state index in [-0.39, 0.29) is 44.3 Å². The molecule has 0 aliphatic heterocycles. The Bertz CT molecular complexity index is 2270. The largest absolute Gasteiger partial charge is 0.396 e. The number of fused-ring (bicyclic) bond motifs is 2. The van der Waals surface area contributed by atoms with Crippen LogP contribution in [0.5, 0.6) is 0 Å². The van der Waals surface area contributed by atoms with Gasteiger partial charge in [0.15, 0.2) is 11.6 Å². The molecule has 0 saturated carbocycles. The number of Topliss-reactive ketones (excluding diaryl/α,β-unsaturated/α-hetero) is 2. The average molecular weight is 866 g/mol.